The monoisotopic (exact) mass is 339 g/mol. The molecule has 2 aromatic rings. The molecule has 3 rings (SSSR count). The predicted octanol–water partition coefficient (Wildman–Crippen LogP) is 3.96. The molecule has 2 amide bonds. The third kappa shape index (κ3) is 4.86. The minimum Gasteiger partial charge on any atom is -0.372 e. The minimum atomic E-state index is -0.192. The summed E-state index contributed by atoms with van der Waals surface area (Å²) in [6.45, 7) is 6.30. The van der Waals surface area contributed by atoms with Crippen LogP contribution in [0.2, 0.25) is 0 Å². The van der Waals surface area contributed by atoms with Crippen LogP contribution in [0.15, 0.2) is 42.6 Å². The van der Waals surface area contributed by atoms with Gasteiger partial charge in [-0.15, -0.1) is 0 Å². The molecule has 0 unspecified atom stereocenters. The Balaban J connectivity index is 1.56. The Kier molecular flexibility index (Phi) is 5.38. The lowest BCUT2D eigenvalue weighted by Crippen LogP contribution is -2.30. The molecule has 0 saturated heterocycles. The molecule has 0 spiro atoms. The number of hydrogen-bond donors (Lipinski definition) is 3. The summed E-state index contributed by atoms with van der Waals surface area (Å²) >= 11 is 0. The Bertz CT molecular complexity index is 691. The summed E-state index contributed by atoms with van der Waals surface area (Å²) < 4.78 is 0. The average molecular weight is 339 g/mol. The van der Waals surface area contributed by atoms with Gasteiger partial charge in [0.05, 0.1) is 11.9 Å². The number of hydrogen-bond acceptors (Lipinski definition) is 4. The number of benzene rings is 1. The molecule has 1 fully saturated rings. The van der Waals surface area contributed by atoms with E-state index in [4.69, 9.17) is 0 Å². The summed E-state index contributed by atoms with van der Waals surface area (Å²) in [6.07, 6.45) is 3.85. The molecule has 6 nitrogen and oxygen atoms in total. The third-order valence-corrected chi connectivity index (χ3v) is 4.20. The minimum absolute atomic E-state index is 0.192. The van der Waals surface area contributed by atoms with Crippen LogP contribution in [-0.4, -0.2) is 30.1 Å². The van der Waals surface area contributed by atoms with Crippen molar-refractivity contribution in [2.75, 3.05) is 28.6 Å². The molecule has 1 aromatic carbocycles. The largest absolute Gasteiger partial charge is 0.372 e. The van der Waals surface area contributed by atoms with E-state index in [-0.39, 0.29) is 6.03 Å². The molecule has 0 radical (unpaired) electrons. The number of urea groups is 1. The number of nitrogens with one attached hydrogen (secondary N) is 3. The van der Waals surface area contributed by atoms with Crippen molar-refractivity contribution in [3.05, 3.63) is 42.6 Å². The fourth-order valence-corrected chi connectivity index (χ4v) is 2.62. The summed E-state index contributed by atoms with van der Waals surface area (Å²) in [4.78, 5) is 18.3. The van der Waals surface area contributed by atoms with Gasteiger partial charge in [0.1, 0.15) is 5.82 Å². The first-order valence-electron chi connectivity index (χ1n) is 8.83. The van der Waals surface area contributed by atoms with Gasteiger partial charge in [-0.05, 0) is 63.1 Å². The Morgan fingerprint density at radius 3 is 2.32 bits per heavy atom. The van der Waals surface area contributed by atoms with E-state index in [2.05, 4.69) is 63.9 Å². The SMILES string of the molecule is CCN(CC)c1ccc(Nc2ccc(NC(=O)NC3CC3)nc2)cc1. The van der Waals surface area contributed by atoms with Gasteiger partial charge in [0.25, 0.3) is 0 Å². The van der Waals surface area contributed by atoms with Gasteiger partial charge in [0.2, 0.25) is 0 Å². The Hall–Kier alpha value is -2.76. The molecule has 1 heterocycles. The van der Waals surface area contributed by atoms with Gasteiger partial charge < -0.3 is 15.5 Å². The molecule has 1 aliphatic carbocycles. The highest BCUT2D eigenvalue weighted by Gasteiger charge is 2.23. The van der Waals surface area contributed by atoms with E-state index >= 15 is 0 Å². The maximum atomic E-state index is 11.7. The van der Waals surface area contributed by atoms with Gasteiger partial charge in [0.15, 0.2) is 0 Å². The van der Waals surface area contributed by atoms with E-state index < -0.39 is 0 Å². The number of carbonyl (C=O) groups is 1. The zero-order valence-corrected chi connectivity index (χ0v) is 14.7. The van der Waals surface area contributed by atoms with Gasteiger partial charge in [-0.25, -0.2) is 9.78 Å². The summed E-state index contributed by atoms with van der Waals surface area (Å²) in [5.41, 5.74) is 3.10. The van der Waals surface area contributed by atoms with Crippen LogP contribution in [0.4, 0.5) is 27.7 Å². The summed E-state index contributed by atoms with van der Waals surface area (Å²) in [7, 11) is 0. The van der Waals surface area contributed by atoms with Crippen molar-refractivity contribution in [3.63, 3.8) is 0 Å². The van der Waals surface area contributed by atoms with Crippen LogP contribution in [0, 0.1) is 0 Å². The maximum absolute atomic E-state index is 11.7. The number of carbonyl (C=O) groups excluding carboxylic acids is 1. The van der Waals surface area contributed by atoms with Gasteiger partial charge in [-0.2, -0.15) is 0 Å². The second kappa shape index (κ2) is 7.88. The number of rotatable bonds is 7. The van der Waals surface area contributed by atoms with Crippen LogP contribution in [0.5, 0.6) is 0 Å². The molecule has 132 valence electrons. The Morgan fingerprint density at radius 1 is 1.08 bits per heavy atom. The van der Waals surface area contributed by atoms with E-state index in [1.165, 1.54) is 5.69 Å². The molecule has 0 aliphatic heterocycles. The standard InChI is InChI=1S/C19H25N5O/c1-3-24(4-2)17-10-7-14(8-11-17)21-16-9-12-18(20-13-16)23-19(25)22-15-5-6-15/h7-13,15,21H,3-6H2,1-2H3,(H2,20,22,23,25). The lowest BCUT2D eigenvalue weighted by atomic mass is 10.2. The first-order valence-corrected chi connectivity index (χ1v) is 8.83. The highest BCUT2D eigenvalue weighted by molar-refractivity contribution is 5.88. The van der Waals surface area contributed by atoms with Crippen LogP contribution >= 0.6 is 0 Å². The lowest BCUT2D eigenvalue weighted by molar-refractivity contribution is 0.251. The maximum Gasteiger partial charge on any atom is 0.320 e. The lowest BCUT2D eigenvalue weighted by Gasteiger charge is -2.21. The van der Waals surface area contributed by atoms with E-state index in [1.807, 2.05) is 6.07 Å². The number of anilines is 4. The molecular weight excluding hydrogens is 314 g/mol. The summed E-state index contributed by atoms with van der Waals surface area (Å²) in [5, 5.41) is 8.93. The van der Waals surface area contributed by atoms with E-state index in [9.17, 15) is 4.79 Å². The fourth-order valence-electron chi connectivity index (χ4n) is 2.62. The normalized spacial score (nSPS) is 13.2. The van der Waals surface area contributed by atoms with Crippen molar-refractivity contribution in [2.24, 2.45) is 0 Å². The molecule has 3 N–H and O–H groups in total. The molecular formula is C19H25N5O. The second-order valence-corrected chi connectivity index (χ2v) is 6.15. The molecule has 1 aromatic heterocycles. The van der Waals surface area contributed by atoms with Crippen LogP contribution in [0.3, 0.4) is 0 Å². The van der Waals surface area contributed by atoms with Gasteiger partial charge in [-0.3, -0.25) is 5.32 Å². The third-order valence-electron chi connectivity index (χ3n) is 4.20. The van der Waals surface area contributed by atoms with Crippen molar-refractivity contribution in [2.45, 2.75) is 32.7 Å². The molecule has 0 bridgehead atoms. The first kappa shape index (κ1) is 17.1. The second-order valence-electron chi connectivity index (χ2n) is 6.15. The van der Waals surface area contributed by atoms with Crippen molar-refractivity contribution in [1.82, 2.24) is 10.3 Å². The highest BCUT2D eigenvalue weighted by Crippen LogP contribution is 2.22. The van der Waals surface area contributed by atoms with Crippen LogP contribution < -0.4 is 20.9 Å². The van der Waals surface area contributed by atoms with Crippen molar-refractivity contribution in [1.29, 1.82) is 0 Å². The van der Waals surface area contributed by atoms with Crippen molar-refractivity contribution < 1.29 is 4.79 Å². The van der Waals surface area contributed by atoms with Gasteiger partial charge in [-0.1, -0.05) is 0 Å². The molecule has 1 aliphatic rings. The summed E-state index contributed by atoms with van der Waals surface area (Å²) in [6, 6.07) is 12.2. The van der Waals surface area contributed by atoms with E-state index in [0.29, 0.717) is 11.9 Å². The number of nitrogens with zero attached hydrogens (tertiary/aromatic N) is 2. The zero-order valence-electron chi connectivity index (χ0n) is 14.7. The van der Waals surface area contributed by atoms with Crippen molar-refractivity contribution in [3.8, 4) is 0 Å². The predicted molar refractivity (Wildman–Crippen MR) is 103 cm³/mol. The number of amides is 2. The van der Waals surface area contributed by atoms with Gasteiger partial charge >= 0.3 is 6.03 Å². The van der Waals surface area contributed by atoms with Crippen molar-refractivity contribution >= 4 is 28.9 Å². The fraction of sp³-hybridized carbons (Fsp3) is 0.368. The Morgan fingerprint density at radius 2 is 1.76 bits per heavy atom. The average Bonchev–Trinajstić information content (AvgIpc) is 3.43. The topological polar surface area (TPSA) is 69.3 Å². The first-order chi connectivity index (χ1) is 12.2. The molecule has 1 saturated carbocycles. The molecule has 0 atom stereocenters. The number of pyridine rings is 1. The quantitative estimate of drug-likeness (QED) is 0.714. The van der Waals surface area contributed by atoms with Crippen LogP contribution in [-0.2, 0) is 0 Å². The van der Waals surface area contributed by atoms with E-state index in [1.54, 1.807) is 12.3 Å². The van der Waals surface area contributed by atoms with Crippen LogP contribution in [0.1, 0.15) is 26.7 Å². The van der Waals surface area contributed by atoms with E-state index in [0.717, 1.165) is 37.3 Å². The smallest absolute Gasteiger partial charge is 0.320 e. The zero-order chi connectivity index (χ0) is 17.6. The summed E-state index contributed by atoms with van der Waals surface area (Å²) in [5.74, 6) is 0.542. The molecule has 6 heteroatoms. The van der Waals surface area contributed by atoms with Crippen LogP contribution in [0.25, 0.3) is 0 Å². The molecule has 25 heavy (non-hydrogen) atoms. The highest BCUT2D eigenvalue weighted by atomic mass is 16.2. The van der Waals surface area contributed by atoms with Gasteiger partial charge in [0, 0.05) is 30.5 Å². The number of aromatic nitrogens is 1. The Labute approximate surface area is 148 Å².